The maximum atomic E-state index is 13.0. The van der Waals surface area contributed by atoms with Crippen LogP contribution in [0.25, 0.3) is 16.6 Å². The van der Waals surface area contributed by atoms with E-state index >= 15 is 0 Å². The van der Waals surface area contributed by atoms with Crippen molar-refractivity contribution < 1.29 is 4.74 Å². The second-order valence-corrected chi connectivity index (χ2v) is 5.95. The highest BCUT2D eigenvalue weighted by atomic mass is 35.5. The van der Waals surface area contributed by atoms with Gasteiger partial charge >= 0.3 is 0 Å². The predicted octanol–water partition coefficient (Wildman–Crippen LogP) is 4.31. The third kappa shape index (κ3) is 2.89. The Morgan fingerprint density at radius 3 is 2.62 bits per heavy atom. The van der Waals surface area contributed by atoms with E-state index in [1.807, 2.05) is 51.1 Å². The van der Waals surface area contributed by atoms with Gasteiger partial charge in [0.25, 0.3) is 5.56 Å². The molecule has 0 amide bonds. The lowest BCUT2D eigenvalue weighted by atomic mass is 10.1. The number of aryl methyl sites for hydroxylation is 2. The Hall–Kier alpha value is -2.33. The highest BCUT2D eigenvalue weighted by Gasteiger charge is 2.12. The number of rotatable bonds is 4. The monoisotopic (exact) mass is 342 g/mol. The molecule has 0 unspecified atom stereocenters. The minimum atomic E-state index is -0.126. The molecule has 0 N–H and O–H groups in total. The molecule has 0 spiro atoms. The van der Waals surface area contributed by atoms with Crippen LogP contribution in [-0.2, 0) is 6.42 Å². The van der Waals surface area contributed by atoms with Gasteiger partial charge in [0.15, 0.2) is 0 Å². The Bertz CT molecular complexity index is 963. The normalized spacial score (nSPS) is 11.0. The molecule has 0 fully saturated rings. The zero-order valence-corrected chi connectivity index (χ0v) is 14.7. The first-order valence-electron chi connectivity index (χ1n) is 8.00. The quantitative estimate of drug-likeness (QED) is 0.709. The fraction of sp³-hybridized carbons (Fsp3) is 0.263. The number of benzene rings is 2. The molecule has 124 valence electrons. The molecule has 2 aromatic carbocycles. The predicted molar refractivity (Wildman–Crippen MR) is 97.6 cm³/mol. The maximum Gasteiger partial charge on any atom is 0.266 e. The Labute approximate surface area is 145 Å². The summed E-state index contributed by atoms with van der Waals surface area (Å²) in [7, 11) is 0. The average Bonchev–Trinajstić information content (AvgIpc) is 2.56. The van der Waals surface area contributed by atoms with Gasteiger partial charge in [0.05, 0.1) is 23.2 Å². The molecular formula is C19H19ClN2O2. The summed E-state index contributed by atoms with van der Waals surface area (Å²) < 4.78 is 7.08. The van der Waals surface area contributed by atoms with Crippen LogP contribution in [0, 0.1) is 6.92 Å². The van der Waals surface area contributed by atoms with Crippen molar-refractivity contribution in [3.8, 4) is 11.4 Å². The zero-order chi connectivity index (χ0) is 17.3. The minimum Gasteiger partial charge on any atom is -0.494 e. The SMILES string of the molecule is CCOc1ccc2nc(C)n(-c3ccc(CC)c(Cl)c3)c(=O)c2c1. The summed E-state index contributed by atoms with van der Waals surface area (Å²) in [4.78, 5) is 17.5. The largest absolute Gasteiger partial charge is 0.494 e. The highest BCUT2D eigenvalue weighted by Crippen LogP contribution is 2.22. The van der Waals surface area contributed by atoms with E-state index in [0.717, 1.165) is 17.7 Å². The molecular weight excluding hydrogens is 324 g/mol. The molecule has 0 atom stereocenters. The fourth-order valence-electron chi connectivity index (χ4n) is 2.80. The topological polar surface area (TPSA) is 44.1 Å². The van der Waals surface area contributed by atoms with Crippen LogP contribution in [0.1, 0.15) is 25.2 Å². The van der Waals surface area contributed by atoms with E-state index in [-0.39, 0.29) is 5.56 Å². The summed E-state index contributed by atoms with van der Waals surface area (Å²) in [6, 6.07) is 11.0. The Morgan fingerprint density at radius 1 is 1.17 bits per heavy atom. The third-order valence-corrected chi connectivity index (χ3v) is 4.35. The number of nitrogens with zero attached hydrogens (tertiary/aromatic N) is 2. The van der Waals surface area contributed by atoms with Gasteiger partial charge in [-0.3, -0.25) is 9.36 Å². The smallest absolute Gasteiger partial charge is 0.266 e. The van der Waals surface area contributed by atoms with E-state index in [1.165, 1.54) is 0 Å². The molecule has 0 radical (unpaired) electrons. The molecule has 0 bridgehead atoms. The maximum absolute atomic E-state index is 13.0. The number of hydrogen-bond acceptors (Lipinski definition) is 3. The van der Waals surface area contributed by atoms with Gasteiger partial charge in [-0.25, -0.2) is 4.98 Å². The van der Waals surface area contributed by atoms with Crippen LogP contribution in [0.3, 0.4) is 0 Å². The van der Waals surface area contributed by atoms with Crippen molar-refractivity contribution in [3.05, 3.63) is 63.2 Å². The number of ether oxygens (including phenoxy) is 1. The second-order valence-electron chi connectivity index (χ2n) is 5.54. The molecule has 5 heteroatoms. The summed E-state index contributed by atoms with van der Waals surface area (Å²) in [6.45, 7) is 6.32. The third-order valence-electron chi connectivity index (χ3n) is 3.99. The van der Waals surface area contributed by atoms with Crippen molar-refractivity contribution in [3.63, 3.8) is 0 Å². The van der Waals surface area contributed by atoms with Gasteiger partial charge in [-0.05, 0) is 56.2 Å². The van der Waals surface area contributed by atoms with Crippen molar-refractivity contribution in [2.45, 2.75) is 27.2 Å². The summed E-state index contributed by atoms with van der Waals surface area (Å²) in [5, 5.41) is 1.19. The van der Waals surface area contributed by atoms with Crippen LogP contribution in [0.5, 0.6) is 5.75 Å². The number of halogens is 1. The lowest BCUT2D eigenvalue weighted by molar-refractivity contribution is 0.340. The molecule has 3 aromatic rings. The number of fused-ring (bicyclic) bond motifs is 1. The molecule has 4 nitrogen and oxygen atoms in total. The van der Waals surface area contributed by atoms with E-state index in [4.69, 9.17) is 16.3 Å². The minimum absolute atomic E-state index is 0.126. The summed E-state index contributed by atoms with van der Waals surface area (Å²) >= 11 is 6.31. The van der Waals surface area contributed by atoms with E-state index in [9.17, 15) is 4.79 Å². The Morgan fingerprint density at radius 2 is 1.96 bits per heavy atom. The van der Waals surface area contributed by atoms with Gasteiger partial charge in [-0.2, -0.15) is 0 Å². The van der Waals surface area contributed by atoms with E-state index in [0.29, 0.717) is 34.1 Å². The van der Waals surface area contributed by atoms with Gasteiger partial charge in [0.2, 0.25) is 0 Å². The lowest BCUT2D eigenvalue weighted by Crippen LogP contribution is -2.22. The van der Waals surface area contributed by atoms with Crippen molar-refractivity contribution in [1.82, 2.24) is 9.55 Å². The zero-order valence-electron chi connectivity index (χ0n) is 14.0. The summed E-state index contributed by atoms with van der Waals surface area (Å²) in [6.07, 6.45) is 0.848. The van der Waals surface area contributed by atoms with E-state index < -0.39 is 0 Å². The van der Waals surface area contributed by atoms with E-state index in [1.54, 1.807) is 10.6 Å². The van der Waals surface area contributed by atoms with Gasteiger partial charge in [0, 0.05) is 5.02 Å². The lowest BCUT2D eigenvalue weighted by Gasteiger charge is -2.13. The number of hydrogen-bond donors (Lipinski definition) is 0. The summed E-state index contributed by atoms with van der Waals surface area (Å²) in [5.74, 6) is 1.29. The van der Waals surface area contributed by atoms with Crippen molar-refractivity contribution in [2.24, 2.45) is 0 Å². The van der Waals surface area contributed by atoms with E-state index in [2.05, 4.69) is 4.98 Å². The molecule has 0 aliphatic carbocycles. The van der Waals surface area contributed by atoms with Crippen molar-refractivity contribution >= 4 is 22.5 Å². The molecule has 3 rings (SSSR count). The molecule has 1 aromatic heterocycles. The van der Waals surface area contributed by atoms with Crippen LogP contribution in [-0.4, -0.2) is 16.2 Å². The standard InChI is InChI=1S/C19H19ClN2O2/c1-4-13-6-7-14(10-17(13)20)22-12(3)21-18-9-8-15(24-5-2)11-16(18)19(22)23/h6-11H,4-5H2,1-3H3. The van der Waals surface area contributed by atoms with Gasteiger partial charge < -0.3 is 4.74 Å². The molecule has 0 saturated carbocycles. The summed E-state index contributed by atoms with van der Waals surface area (Å²) in [5.41, 5.74) is 2.31. The number of aromatic nitrogens is 2. The first kappa shape index (κ1) is 16.5. The van der Waals surface area contributed by atoms with Crippen molar-refractivity contribution in [2.75, 3.05) is 6.61 Å². The van der Waals surface area contributed by atoms with Crippen LogP contribution in [0.15, 0.2) is 41.2 Å². The van der Waals surface area contributed by atoms with Gasteiger partial charge in [-0.1, -0.05) is 24.6 Å². The van der Waals surface area contributed by atoms with Gasteiger partial charge in [0.1, 0.15) is 11.6 Å². The Balaban J connectivity index is 2.24. The Kier molecular flexibility index (Phi) is 4.58. The molecule has 24 heavy (non-hydrogen) atoms. The van der Waals surface area contributed by atoms with Gasteiger partial charge in [-0.15, -0.1) is 0 Å². The van der Waals surface area contributed by atoms with Crippen LogP contribution in [0.2, 0.25) is 5.02 Å². The molecule has 0 saturated heterocycles. The molecule has 0 aliphatic heterocycles. The average molecular weight is 343 g/mol. The fourth-order valence-corrected chi connectivity index (χ4v) is 3.11. The first-order valence-corrected chi connectivity index (χ1v) is 8.38. The molecule has 1 heterocycles. The van der Waals surface area contributed by atoms with Crippen LogP contribution in [0.4, 0.5) is 0 Å². The first-order chi connectivity index (χ1) is 11.5. The second kappa shape index (κ2) is 6.65. The van der Waals surface area contributed by atoms with Crippen molar-refractivity contribution in [1.29, 1.82) is 0 Å². The molecule has 0 aliphatic rings. The van der Waals surface area contributed by atoms with Crippen LogP contribution < -0.4 is 10.3 Å². The highest BCUT2D eigenvalue weighted by molar-refractivity contribution is 6.31. The van der Waals surface area contributed by atoms with Crippen LogP contribution >= 0.6 is 11.6 Å².